The molecule has 132 valence electrons. The van der Waals surface area contributed by atoms with E-state index in [-0.39, 0.29) is 11.8 Å². The van der Waals surface area contributed by atoms with Crippen LogP contribution in [-0.2, 0) is 14.9 Å². The highest BCUT2D eigenvalue weighted by atomic mass is 35.5. The number of carbonyl (C=O) groups excluding carboxylic acids is 1. The minimum atomic E-state index is -0.703. The summed E-state index contributed by atoms with van der Waals surface area (Å²) < 4.78 is 10.7. The summed E-state index contributed by atoms with van der Waals surface area (Å²) in [7, 11) is 1.49. The summed E-state index contributed by atoms with van der Waals surface area (Å²) in [5.74, 6) is 0.468. The lowest BCUT2D eigenvalue weighted by Gasteiger charge is -2.41. The highest BCUT2D eigenvalue weighted by Crippen LogP contribution is 2.38. The molecule has 3 rings (SSSR count). The fourth-order valence-corrected chi connectivity index (χ4v) is 3.20. The number of anilines is 1. The molecule has 0 atom stereocenters. The third-order valence-electron chi connectivity index (χ3n) is 4.50. The molecular weight excluding hydrogens is 340 g/mol. The molecule has 5 nitrogen and oxygen atoms in total. The molecule has 2 aromatic rings. The number of rotatable bonds is 5. The monoisotopic (exact) mass is 360 g/mol. The maximum Gasteiger partial charge on any atom is 0.239 e. The van der Waals surface area contributed by atoms with Gasteiger partial charge in [-0.2, -0.15) is 4.98 Å². The Balaban J connectivity index is 1.95. The molecule has 1 saturated heterocycles. The first-order valence-electron chi connectivity index (χ1n) is 8.17. The second-order valence-corrected chi connectivity index (χ2v) is 6.85. The summed E-state index contributed by atoms with van der Waals surface area (Å²) in [5.41, 5.74) is 1.95. The Morgan fingerprint density at radius 2 is 2.00 bits per heavy atom. The number of pyridine rings is 1. The SMILES string of the molecule is COc1nc(Cl)ccc1NC(=O)C1(c2ccccc2C(C)C)COC1. The molecule has 0 bridgehead atoms. The van der Waals surface area contributed by atoms with E-state index in [1.54, 1.807) is 12.1 Å². The van der Waals surface area contributed by atoms with Gasteiger partial charge < -0.3 is 14.8 Å². The number of nitrogens with one attached hydrogen (secondary N) is 1. The standard InChI is InChI=1S/C19H21ClN2O3/c1-12(2)13-6-4-5-7-14(13)19(10-25-11-19)18(23)21-15-8-9-16(20)22-17(15)24-3/h4-9,12H,10-11H2,1-3H3,(H,21,23). The van der Waals surface area contributed by atoms with Crippen LogP contribution in [0.3, 0.4) is 0 Å². The van der Waals surface area contributed by atoms with Crippen molar-refractivity contribution in [2.24, 2.45) is 0 Å². The van der Waals surface area contributed by atoms with Crippen molar-refractivity contribution in [2.75, 3.05) is 25.6 Å². The molecular formula is C19H21ClN2O3. The van der Waals surface area contributed by atoms with E-state index in [1.165, 1.54) is 7.11 Å². The van der Waals surface area contributed by atoms with Crippen molar-refractivity contribution >= 4 is 23.2 Å². The first-order chi connectivity index (χ1) is 12.0. The highest BCUT2D eigenvalue weighted by molar-refractivity contribution is 6.29. The largest absolute Gasteiger partial charge is 0.479 e. The minimum Gasteiger partial charge on any atom is -0.479 e. The van der Waals surface area contributed by atoms with E-state index in [0.29, 0.717) is 30.0 Å². The molecule has 1 aromatic heterocycles. The molecule has 1 aromatic carbocycles. The Hall–Kier alpha value is -2.11. The molecule has 1 fully saturated rings. The summed E-state index contributed by atoms with van der Waals surface area (Å²) in [6, 6.07) is 11.3. The van der Waals surface area contributed by atoms with Crippen LogP contribution in [0.4, 0.5) is 5.69 Å². The molecule has 1 aliphatic heterocycles. The Morgan fingerprint density at radius 3 is 2.60 bits per heavy atom. The zero-order chi connectivity index (χ0) is 18.0. The molecule has 6 heteroatoms. The smallest absolute Gasteiger partial charge is 0.239 e. The van der Waals surface area contributed by atoms with Crippen LogP contribution >= 0.6 is 11.6 Å². The molecule has 1 amide bonds. The molecule has 2 heterocycles. The van der Waals surface area contributed by atoms with Crippen molar-refractivity contribution in [1.82, 2.24) is 4.98 Å². The molecule has 0 spiro atoms. The third kappa shape index (κ3) is 3.22. The molecule has 0 saturated carbocycles. The zero-order valence-electron chi connectivity index (χ0n) is 14.5. The quantitative estimate of drug-likeness (QED) is 0.824. The Bertz CT molecular complexity index is 788. The minimum absolute atomic E-state index is 0.130. The van der Waals surface area contributed by atoms with Crippen LogP contribution < -0.4 is 10.1 Å². The average molecular weight is 361 g/mol. The van der Waals surface area contributed by atoms with Gasteiger partial charge >= 0.3 is 0 Å². The second kappa shape index (κ2) is 7.02. The topological polar surface area (TPSA) is 60.5 Å². The van der Waals surface area contributed by atoms with E-state index in [9.17, 15) is 4.79 Å². The van der Waals surface area contributed by atoms with E-state index >= 15 is 0 Å². The number of hydrogen-bond acceptors (Lipinski definition) is 4. The first-order valence-corrected chi connectivity index (χ1v) is 8.55. The number of carbonyl (C=O) groups is 1. The van der Waals surface area contributed by atoms with Crippen molar-refractivity contribution in [3.05, 3.63) is 52.7 Å². The number of amides is 1. The van der Waals surface area contributed by atoms with Crippen LogP contribution in [-0.4, -0.2) is 31.2 Å². The molecule has 0 radical (unpaired) electrons. The number of halogens is 1. The number of ether oxygens (including phenoxy) is 2. The van der Waals surface area contributed by atoms with Crippen LogP contribution in [0.25, 0.3) is 0 Å². The van der Waals surface area contributed by atoms with Gasteiger partial charge in [0.05, 0.1) is 20.3 Å². The molecule has 1 N–H and O–H groups in total. The Morgan fingerprint density at radius 1 is 1.28 bits per heavy atom. The fraction of sp³-hybridized carbons (Fsp3) is 0.368. The highest BCUT2D eigenvalue weighted by Gasteiger charge is 2.49. The van der Waals surface area contributed by atoms with Gasteiger partial charge in [-0.25, -0.2) is 0 Å². The van der Waals surface area contributed by atoms with Crippen molar-refractivity contribution in [3.63, 3.8) is 0 Å². The summed E-state index contributed by atoms with van der Waals surface area (Å²) in [5, 5.41) is 3.24. The summed E-state index contributed by atoms with van der Waals surface area (Å²) in [6.07, 6.45) is 0. The van der Waals surface area contributed by atoms with E-state index in [0.717, 1.165) is 11.1 Å². The van der Waals surface area contributed by atoms with Crippen LogP contribution in [0.15, 0.2) is 36.4 Å². The first kappa shape index (κ1) is 17.7. The Labute approximate surface area is 152 Å². The predicted molar refractivity (Wildman–Crippen MR) is 97.5 cm³/mol. The van der Waals surface area contributed by atoms with Gasteiger partial charge in [-0.1, -0.05) is 49.7 Å². The summed E-state index contributed by atoms with van der Waals surface area (Å²) in [4.78, 5) is 17.2. The second-order valence-electron chi connectivity index (χ2n) is 6.46. The molecule has 0 unspecified atom stereocenters. The van der Waals surface area contributed by atoms with E-state index in [4.69, 9.17) is 21.1 Å². The lowest BCUT2D eigenvalue weighted by atomic mass is 9.73. The van der Waals surface area contributed by atoms with Crippen LogP contribution in [0.1, 0.15) is 30.9 Å². The van der Waals surface area contributed by atoms with E-state index in [1.807, 2.05) is 18.2 Å². The maximum absolute atomic E-state index is 13.1. The van der Waals surface area contributed by atoms with Gasteiger partial charge in [0.1, 0.15) is 16.3 Å². The predicted octanol–water partition coefficient (Wildman–Crippen LogP) is 3.77. The number of benzene rings is 1. The van der Waals surface area contributed by atoms with Crippen molar-refractivity contribution < 1.29 is 14.3 Å². The van der Waals surface area contributed by atoms with E-state index < -0.39 is 5.41 Å². The van der Waals surface area contributed by atoms with Gasteiger partial charge in [0.2, 0.25) is 11.8 Å². The summed E-state index contributed by atoms with van der Waals surface area (Å²) in [6.45, 7) is 4.95. The van der Waals surface area contributed by atoms with E-state index in [2.05, 4.69) is 30.2 Å². The number of nitrogens with zero attached hydrogens (tertiary/aromatic N) is 1. The van der Waals surface area contributed by atoms with Gasteiger partial charge in [-0.15, -0.1) is 0 Å². The molecule has 0 aliphatic carbocycles. The van der Waals surface area contributed by atoms with Crippen molar-refractivity contribution in [3.8, 4) is 5.88 Å². The van der Waals surface area contributed by atoms with Crippen LogP contribution in [0.2, 0.25) is 5.15 Å². The number of hydrogen-bond donors (Lipinski definition) is 1. The molecule has 1 aliphatic rings. The lowest BCUT2D eigenvalue weighted by Crippen LogP contribution is -2.56. The zero-order valence-corrected chi connectivity index (χ0v) is 15.3. The maximum atomic E-state index is 13.1. The lowest BCUT2D eigenvalue weighted by molar-refractivity contribution is -0.139. The average Bonchev–Trinajstić information content (AvgIpc) is 2.55. The van der Waals surface area contributed by atoms with Gasteiger partial charge in [-0.05, 0) is 29.2 Å². The van der Waals surface area contributed by atoms with Gasteiger partial charge in [0.15, 0.2) is 0 Å². The van der Waals surface area contributed by atoms with Gasteiger partial charge in [0, 0.05) is 0 Å². The number of aromatic nitrogens is 1. The normalized spacial score (nSPS) is 15.6. The van der Waals surface area contributed by atoms with Crippen LogP contribution in [0.5, 0.6) is 5.88 Å². The molecule has 25 heavy (non-hydrogen) atoms. The Kier molecular flexibility index (Phi) is 4.97. The van der Waals surface area contributed by atoms with Crippen molar-refractivity contribution in [2.45, 2.75) is 25.2 Å². The van der Waals surface area contributed by atoms with Gasteiger partial charge in [-0.3, -0.25) is 4.79 Å². The van der Waals surface area contributed by atoms with Crippen LogP contribution in [0, 0.1) is 0 Å². The fourth-order valence-electron chi connectivity index (χ4n) is 3.06. The van der Waals surface area contributed by atoms with Crippen molar-refractivity contribution in [1.29, 1.82) is 0 Å². The number of methoxy groups -OCH3 is 1. The summed E-state index contributed by atoms with van der Waals surface area (Å²) >= 11 is 5.89. The van der Waals surface area contributed by atoms with Gasteiger partial charge in [0.25, 0.3) is 0 Å². The third-order valence-corrected chi connectivity index (χ3v) is 4.71.